The summed E-state index contributed by atoms with van der Waals surface area (Å²) >= 11 is 0.0826. The Balaban J connectivity index is 2.39. The Hall–Kier alpha value is -1.83. The van der Waals surface area contributed by atoms with Gasteiger partial charge in [0.15, 0.2) is 5.01 Å². The molecule has 0 N–H and O–H groups in total. The molecule has 0 amide bonds. The molecule has 0 bridgehead atoms. The molecule has 8 heteroatoms. The normalized spacial score (nSPS) is 11.6. The molecule has 2 rings (SSSR count). The van der Waals surface area contributed by atoms with Crippen molar-refractivity contribution in [1.29, 1.82) is 0 Å². The molecule has 0 aliphatic rings. The van der Waals surface area contributed by atoms with Gasteiger partial charge in [-0.25, -0.2) is 13.8 Å². The minimum absolute atomic E-state index is 0.0826. The predicted octanol–water partition coefficient (Wildman–Crippen LogP) is 3.67. The maximum atomic E-state index is 13.3. The molecule has 100 valence electrons. The lowest BCUT2D eigenvalue weighted by molar-refractivity contribution is -0.137. The van der Waals surface area contributed by atoms with Gasteiger partial charge in [-0.15, -0.1) is 11.3 Å². The number of nitrogens with zero attached hydrogens (tertiary/aromatic N) is 1. The molecule has 2 nitrogen and oxygen atoms in total. The highest BCUT2D eigenvalue weighted by atomic mass is 32.1. The molecule has 0 saturated carbocycles. The zero-order chi connectivity index (χ0) is 14.2. The molecule has 0 unspecified atom stereocenters. The maximum absolute atomic E-state index is 13.3. The third-order valence-electron chi connectivity index (χ3n) is 2.15. The Kier molecular flexibility index (Phi) is 3.36. The van der Waals surface area contributed by atoms with Gasteiger partial charge in [0.25, 0.3) is 0 Å². The van der Waals surface area contributed by atoms with Crippen LogP contribution < -0.4 is 0 Å². The Labute approximate surface area is 107 Å². The second-order valence-electron chi connectivity index (χ2n) is 3.48. The monoisotopic (exact) mass is 293 g/mol. The molecule has 0 saturated heterocycles. The molecule has 0 aliphatic carbocycles. The first kappa shape index (κ1) is 13.6. The number of alkyl halides is 3. The molecule has 19 heavy (non-hydrogen) atoms. The van der Waals surface area contributed by atoms with Crippen molar-refractivity contribution in [1.82, 2.24) is 4.98 Å². The number of hydrogen-bond donors (Lipinski definition) is 0. The number of carbonyl (C=O) groups excluding carboxylic acids is 1. The van der Waals surface area contributed by atoms with E-state index in [0.29, 0.717) is 12.3 Å². The highest BCUT2D eigenvalue weighted by molar-refractivity contribution is 7.13. The number of aromatic nitrogens is 1. The Bertz CT molecular complexity index is 634. The number of halogens is 5. The summed E-state index contributed by atoms with van der Waals surface area (Å²) < 4.78 is 63.2. The molecule has 1 aromatic heterocycles. The fourth-order valence-corrected chi connectivity index (χ4v) is 2.05. The van der Waals surface area contributed by atoms with Crippen LogP contribution in [0.25, 0.3) is 0 Å². The zero-order valence-electron chi connectivity index (χ0n) is 8.96. The molecule has 1 aromatic carbocycles. The van der Waals surface area contributed by atoms with Crippen LogP contribution in [-0.4, -0.2) is 10.8 Å². The van der Waals surface area contributed by atoms with E-state index in [2.05, 4.69) is 4.98 Å². The van der Waals surface area contributed by atoms with E-state index < -0.39 is 39.0 Å². The molecule has 0 radical (unpaired) electrons. The fraction of sp³-hybridized carbons (Fsp3) is 0.0909. The van der Waals surface area contributed by atoms with E-state index in [1.165, 1.54) is 0 Å². The van der Waals surface area contributed by atoms with Crippen LogP contribution in [0, 0.1) is 11.6 Å². The lowest BCUT2D eigenvalue weighted by atomic mass is 10.1. The predicted molar refractivity (Wildman–Crippen MR) is 56.9 cm³/mol. The van der Waals surface area contributed by atoms with Gasteiger partial charge >= 0.3 is 6.18 Å². The number of carbonyl (C=O) groups is 1. The molecule has 0 spiro atoms. The Morgan fingerprint density at radius 1 is 1.21 bits per heavy atom. The van der Waals surface area contributed by atoms with Crippen molar-refractivity contribution in [3.05, 3.63) is 51.5 Å². The van der Waals surface area contributed by atoms with Crippen LogP contribution >= 0.6 is 11.3 Å². The van der Waals surface area contributed by atoms with Crippen molar-refractivity contribution in [3.63, 3.8) is 0 Å². The average molecular weight is 293 g/mol. The van der Waals surface area contributed by atoms with E-state index in [1.807, 2.05) is 0 Å². The summed E-state index contributed by atoms with van der Waals surface area (Å²) in [7, 11) is 0. The quantitative estimate of drug-likeness (QED) is 0.624. The van der Waals surface area contributed by atoms with E-state index in [1.54, 1.807) is 0 Å². The van der Waals surface area contributed by atoms with Crippen molar-refractivity contribution in [3.8, 4) is 0 Å². The summed E-state index contributed by atoms with van der Waals surface area (Å²) in [5.74, 6) is -2.90. The van der Waals surface area contributed by atoms with Crippen LogP contribution in [0.3, 0.4) is 0 Å². The number of rotatable bonds is 2. The van der Waals surface area contributed by atoms with Gasteiger partial charge in [0.05, 0.1) is 10.4 Å². The van der Waals surface area contributed by atoms with Crippen LogP contribution in [0.5, 0.6) is 0 Å². The number of hydrogen-bond acceptors (Lipinski definition) is 3. The summed E-state index contributed by atoms with van der Waals surface area (Å²) in [6.07, 6.45) is -3.98. The molecule has 0 atom stereocenters. The van der Waals surface area contributed by atoms with Crippen molar-refractivity contribution in [2.75, 3.05) is 0 Å². The van der Waals surface area contributed by atoms with Crippen LogP contribution in [0.2, 0.25) is 0 Å². The van der Waals surface area contributed by atoms with Gasteiger partial charge in [-0.1, -0.05) is 0 Å². The molecule has 0 aliphatic heterocycles. The standard InChI is InChI=1S/C11H4F5NOS/c12-5-1-2-7(13)6(3-5)9(18)8-4-17-10(19-8)11(14,15)16/h1-4H. The SMILES string of the molecule is O=C(c1cnc(C(F)(F)F)s1)c1cc(F)ccc1F. The summed E-state index contributed by atoms with van der Waals surface area (Å²) in [5.41, 5.74) is -0.627. The second-order valence-corrected chi connectivity index (χ2v) is 4.51. The van der Waals surface area contributed by atoms with Crippen LogP contribution in [0.1, 0.15) is 20.2 Å². The summed E-state index contributed by atoms with van der Waals surface area (Å²) in [6.45, 7) is 0. The lowest BCUT2D eigenvalue weighted by Gasteiger charge is -2.01. The van der Waals surface area contributed by atoms with Gasteiger partial charge in [-0.2, -0.15) is 13.2 Å². The fourth-order valence-electron chi connectivity index (χ4n) is 1.31. The zero-order valence-corrected chi connectivity index (χ0v) is 9.78. The van der Waals surface area contributed by atoms with Gasteiger partial charge in [-0.05, 0) is 18.2 Å². The van der Waals surface area contributed by atoms with Gasteiger partial charge in [-0.3, -0.25) is 4.79 Å². The van der Waals surface area contributed by atoms with E-state index in [4.69, 9.17) is 0 Å². The lowest BCUT2D eigenvalue weighted by Crippen LogP contribution is -2.04. The number of ketones is 1. The van der Waals surface area contributed by atoms with Gasteiger partial charge < -0.3 is 0 Å². The third kappa shape index (κ3) is 2.78. The van der Waals surface area contributed by atoms with Crippen molar-refractivity contribution in [2.24, 2.45) is 0 Å². The number of thiazole rings is 1. The summed E-state index contributed by atoms with van der Waals surface area (Å²) in [5, 5.41) is -1.22. The van der Waals surface area contributed by atoms with Gasteiger partial charge in [0.2, 0.25) is 5.78 Å². The van der Waals surface area contributed by atoms with Crippen LogP contribution in [0.4, 0.5) is 22.0 Å². The molecule has 0 fully saturated rings. The largest absolute Gasteiger partial charge is 0.443 e. The first-order valence-corrected chi connectivity index (χ1v) is 5.63. The van der Waals surface area contributed by atoms with E-state index >= 15 is 0 Å². The molecular formula is C11H4F5NOS. The maximum Gasteiger partial charge on any atom is 0.443 e. The number of benzene rings is 1. The third-order valence-corrected chi connectivity index (χ3v) is 3.19. The van der Waals surface area contributed by atoms with Crippen molar-refractivity contribution < 1.29 is 26.7 Å². The molecular weight excluding hydrogens is 289 g/mol. The minimum atomic E-state index is -4.68. The van der Waals surface area contributed by atoms with Gasteiger partial charge in [0, 0.05) is 6.20 Å². The minimum Gasteiger partial charge on any atom is -0.288 e. The highest BCUT2D eigenvalue weighted by Crippen LogP contribution is 2.33. The van der Waals surface area contributed by atoms with E-state index in [0.717, 1.165) is 12.1 Å². The first-order chi connectivity index (χ1) is 8.79. The molecule has 1 heterocycles. The second kappa shape index (κ2) is 4.69. The Morgan fingerprint density at radius 2 is 1.89 bits per heavy atom. The Morgan fingerprint density at radius 3 is 2.47 bits per heavy atom. The molecule has 2 aromatic rings. The topological polar surface area (TPSA) is 30.0 Å². The van der Waals surface area contributed by atoms with E-state index in [9.17, 15) is 26.7 Å². The van der Waals surface area contributed by atoms with Crippen LogP contribution in [-0.2, 0) is 6.18 Å². The average Bonchev–Trinajstić information content (AvgIpc) is 2.80. The summed E-state index contributed by atoms with van der Waals surface area (Å²) in [6, 6.07) is 2.17. The smallest absolute Gasteiger partial charge is 0.288 e. The van der Waals surface area contributed by atoms with Crippen molar-refractivity contribution >= 4 is 17.1 Å². The van der Waals surface area contributed by atoms with E-state index in [-0.39, 0.29) is 11.3 Å². The first-order valence-electron chi connectivity index (χ1n) is 4.82. The van der Waals surface area contributed by atoms with Gasteiger partial charge in [0.1, 0.15) is 11.6 Å². The van der Waals surface area contributed by atoms with Crippen molar-refractivity contribution in [2.45, 2.75) is 6.18 Å². The highest BCUT2D eigenvalue weighted by Gasteiger charge is 2.35. The summed E-state index contributed by atoms with van der Waals surface area (Å²) in [4.78, 5) is 14.4. The van der Waals surface area contributed by atoms with Crippen LogP contribution in [0.15, 0.2) is 24.4 Å².